The summed E-state index contributed by atoms with van der Waals surface area (Å²) in [5, 5.41) is 0. The highest BCUT2D eigenvalue weighted by molar-refractivity contribution is 5.33. The lowest BCUT2D eigenvalue weighted by atomic mass is 10.1. The lowest BCUT2D eigenvalue weighted by Gasteiger charge is -2.07. The highest BCUT2D eigenvalue weighted by Crippen LogP contribution is 2.32. The highest BCUT2D eigenvalue weighted by Gasteiger charge is 2.20. The van der Waals surface area contributed by atoms with E-state index in [1.807, 2.05) is 0 Å². The lowest BCUT2D eigenvalue weighted by Crippen LogP contribution is -1.92. The van der Waals surface area contributed by atoms with Crippen LogP contribution in [0.1, 0.15) is 23.7 Å². The molecule has 1 unspecified atom stereocenters. The van der Waals surface area contributed by atoms with Gasteiger partial charge in [0.15, 0.2) is 0 Å². The number of hydrogen-bond donors (Lipinski definition) is 0. The number of ether oxygens (including phenoxy) is 1. The summed E-state index contributed by atoms with van der Waals surface area (Å²) in [5.74, 6) is 0. The van der Waals surface area contributed by atoms with Gasteiger partial charge in [-0.25, -0.2) is 0 Å². The van der Waals surface area contributed by atoms with Gasteiger partial charge in [0.25, 0.3) is 0 Å². The minimum atomic E-state index is 0.242. The molecule has 57 valence electrons. The van der Waals surface area contributed by atoms with Crippen molar-refractivity contribution in [1.82, 2.24) is 0 Å². The third kappa shape index (κ3) is 1.05. The number of rotatable bonds is 1. The van der Waals surface area contributed by atoms with Gasteiger partial charge in [0.2, 0.25) is 0 Å². The van der Waals surface area contributed by atoms with Crippen LogP contribution in [0.25, 0.3) is 0 Å². The minimum Gasteiger partial charge on any atom is -0.371 e. The van der Waals surface area contributed by atoms with Crippen molar-refractivity contribution in [3.05, 3.63) is 42.5 Å². The van der Waals surface area contributed by atoms with E-state index in [0.717, 1.165) is 12.8 Å². The Balaban J connectivity index is 2.39. The summed E-state index contributed by atoms with van der Waals surface area (Å²) in [6.45, 7) is 0. The van der Waals surface area contributed by atoms with Gasteiger partial charge in [-0.2, -0.15) is 0 Å². The molecule has 0 bridgehead atoms. The van der Waals surface area contributed by atoms with E-state index in [0.29, 0.717) is 0 Å². The van der Waals surface area contributed by atoms with E-state index in [4.69, 9.17) is 4.74 Å². The van der Waals surface area contributed by atoms with Crippen LogP contribution < -0.4 is 0 Å². The Morgan fingerprint density at radius 3 is 3.00 bits per heavy atom. The normalized spacial score (nSPS) is 21.7. The van der Waals surface area contributed by atoms with E-state index in [1.165, 1.54) is 11.1 Å². The number of fused-ring (bicyclic) bond motifs is 1. The van der Waals surface area contributed by atoms with E-state index in [-0.39, 0.29) is 6.10 Å². The first-order chi connectivity index (χ1) is 5.42. The molecule has 1 heteroatoms. The van der Waals surface area contributed by atoms with Crippen LogP contribution in [0.4, 0.5) is 0 Å². The van der Waals surface area contributed by atoms with Crippen LogP contribution in [0.2, 0.25) is 0 Å². The molecule has 1 atom stereocenters. The van der Waals surface area contributed by atoms with Gasteiger partial charge in [0, 0.05) is 0 Å². The van der Waals surface area contributed by atoms with Crippen LogP contribution in [0.3, 0.4) is 0 Å². The number of benzene rings is 1. The van der Waals surface area contributed by atoms with Gasteiger partial charge < -0.3 is 4.74 Å². The topological polar surface area (TPSA) is 9.23 Å². The van der Waals surface area contributed by atoms with Crippen LogP contribution in [0.5, 0.6) is 0 Å². The molecular formula is C10H11O. The van der Waals surface area contributed by atoms with E-state index in [2.05, 4.69) is 31.4 Å². The Morgan fingerprint density at radius 1 is 1.36 bits per heavy atom. The molecule has 0 saturated carbocycles. The van der Waals surface area contributed by atoms with Crippen molar-refractivity contribution < 1.29 is 4.74 Å². The molecule has 0 spiro atoms. The van der Waals surface area contributed by atoms with Gasteiger partial charge in [-0.1, -0.05) is 24.3 Å². The zero-order valence-corrected chi connectivity index (χ0v) is 6.42. The summed E-state index contributed by atoms with van der Waals surface area (Å²) in [5.41, 5.74) is 2.74. The van der Waals surface area contributed by atoms with Crippen molar-refractivity contribution in [2.75, 3.05) is 0 Å². The van der Waals surface area contributed by atoms with Crippen LogP contribution in [0.15, 0.2) is 24.3 Å². The molecule has 1 nitrogen and oxygen atoms in total. The average Bonchev–Trinajstić information content (AvgIpc) is 2.47. The van der Waals surface area contributed by atoms with Gasteiger partial charge in [-0.3, -0.25) is 0 Å². The first-order valence-corrected chi connectivity index (χ1v) is 3.90. The van der Waals surface area contributed by atoms with Crippen molar-refractivity contribution in [3.63, 3.8) is 0 Å². The Kier molecular flexibility index (Phi) is 1.66. The molecule has 2 rings (SSSR count). The van der Waals surface area contributed by atoms with E-state index in [9.17, 15) is 0 Å². The van der Waals surface area contributed by atoms with Crippen LogP contribution >= 0.6 is 0 Å². The van der Waals surface area contributed by atoms with Crippen molar-refractivity contribution in [1.29, 1.82) is 0 Å². The molecule has 1 aliphatic rings. The second-order valence-electron chi connectivity index (χ2n) is 2.89. The maximum atomic E-state index is 5.09. The van der Waals surface area contributed by atoms with Gasteiger partial charge in [0.05, 0.1) is 13.2 Å². The smallest absolute Gasteiger partial charge is 0.0831 e. The molecule has 0 saturated heterocycles. The fourth-order valence-electron chi connectivity index (χ4n) is 1.69. The molecule has 0 aliphatic heterocycles. The number of aryl methyl sites for hydroxylation is 1. The Bertz CT molecular complexity index is 255. The summed E-state index contributed by atoms with van der Waals surface area (Å²) in [6, 6.07) is 8.41. The number of hydrogen-bond acceptors (Lipinski definition) is 1. The Morgan fingerprint density at radius 2 is 2.18 bits per heavy atom. The Hall–Kier alpha value is -0.820. The molecule has 1 aromatic carbocycles. The quantitative estimate of drug-likeness (QED) is 0.593. The van der Waals surface area contributed by atoms with Crippen LogP contribution in [-0.2, 0) is 11.2 Å². The largest absolute Gasteiger partial charge is 0.371 e. The molecule has 1 aromatic rings. The molecule has 0 aromatic heterocycles. The van der Waals surface area contributed by atoms with Gasteiger partial charge >= 0.3 is 0 Å². The SMILES string of the molecule is [CH2]OC1CCc2ccccc21. The second-order valence-corrected chi connectivity index (χ2v) is 2.89. The summed E-state index contributed by atoms with van der Waals surface area (Å²) in [7, 11) is 3.47. The fraction of sp³-hybridized carbons (Fsp3) is 0.300. The van der Waals surface area contributed by atoms with E-state index >= 15 is 0 Å². The van der Waals surface area contributed by atoms with E-state index < -0.39 is 0 Å². The van der Waals surface area contributed by atoms with Crippen LogP contribution in [0, 0.1) is 7.11 Å². The third-order valence-electron chi connectivity index (χ3n) is 2.28. The second kappa shape index (κ2) is 2.67. The van der Waals surface area contributed by atoms with Gasteiger partial charge in [-0.05, 0) is 24.0 Å². The molecular weight excluding hydrogens is 136 g/mol. The summed E-state index contributed by atoms with van der Waals surface area (Å²) in [6.07, 6.45) is 2.46. The molecule has 0 N–H and O–H groups in total. The van der Waals surface area contributed by atoms with Crippen molar-refractivity contribution in [2.24, 2.45) is 0 Å². The van der Waals surface area contributed by atoms with Crippen molar-refractivity contribution in [3.8, 4) is 0 Å². The first kappa shape index (κ1) is 6.86. The van der Waals surface area contributed by atoms with Crippen molar-refractivity contribution >= 4 is 0 Å². The zero-order chi connectivity index (χ0) is 7.68. The maximum Gasteiger partial charge on any atom is 0.0831 e. The van der Waals surface area contributed by atoms with E-state index in [1.54, 1.807) is 0 Å². The van der Waals surface area contributed by atoms with Crippen LogP contribution in [-0.4, -0.2) is 0 Å². The minimum absolute atomic E-state index is 0.242. The fourth-order valence-corrected chi connectivity index (χ4v) is 1.69. The standard InChI is InChI=1S/C10H11O/c1-11-10-7-6-8-4-2-3-5-9(8)10/h2-5,10H,1,6-7H2. The average molecular weight is 147 g/mol. The van der Waals surface area contributed by atoms with Crippen molar-refractivity contribution in [2.45, 2.75) is 18.9 Å². The first-order valence-electron chi connectivity index (χ1n) is 3.90. The maximum absolute atomic E-state index is 5.09. The van der Waals surface area contributed by atoms with Gasteiger partial charge in [0.1, 0.15) is 0 Å². The summed E-state index contributed by atoms with van der Waals surface area (Å²) in [4.78, 5) is 0. The van der Waals surface area contributed by atoms with Gasteiger partial charge in [-0.15, -0.1) is 0 Å². The lowest BCUT2D eigenvalue weighted by molar-refractivity contribution is 0.141. The Labute approximate surface area is 67.0 Å². The predicted molar refractivity (Wildman–Crippen MR) is 43.9 cm³/mol. The molecule has 11 heavy (non-hydrogen) atoms. The molecule has 0 heterocycles. The summed E-state index contributed by atoms with van der Waals surface area (Å²) >= 11 is 0. The monoisotopic (exact) mass is 147 g/mol. The highest BCUT2D eigenvalue weighted by atomic mass is 16.5. The molecule has 0 amide bonds. The predicted octanol–water partition coefficient (Wildman–Crippen LogP) is 2.48. The molecule has 0 fully saturated rings. The summed E-state index contributed by atoms with van der Waals surface area (Å²) < 4.78 is 5.09. The molecule has 1 radical (unpaired) electrons. The third-order valence-corrected chi connectivity index (χ3v) is 2.28. The zero-order valence-electron chi connectivity index (χ0n) is 6.42. The molecule has 1 aliphatic carbocycles.